The highest BCUT2D eigenvalue weighted by molar-refractivity contribution is 5.38. The summed E-state index contributed by atoms with van der Waals surface area (Å²) in [6.07, 6.45) is 7.84. The summed E-state index contributed by atoms with van der Waals surface area (Å²) in [7, 11) is 0. The van der Waals surface area contributed by atoms with Gasteiger partial charge in [0, 0.05) is 6.04 Å². The molecule has 17 heavy (non-hydrogen) atoms. The van der Waals surface area contributed by atoms with Crippen molar-refractivity contribution in [3.05, 3.63) is 29.3 Å². The Kier molecular flexibility index (Phi) is 3.06. The molecule has 0 radical (unpaired) electrons. The largest absolute Gasteiger partial charge is 0.508 e. The van der Waals surface area contributed by atoms with E-state index in [0.29, 0.717) is 11.8 Å². The van der Waals surface area contributed by atoms with Gasteiger partial charge in [0.25, 0.3) is 0 Å². The van der Waals surface area contributed by atoms with Gasteiger partial charge in [-0.2, -0.15) is 0 Å². The van der Waals surface area contributed by atoms with E-state index in [-0.39, 0.29) is 0 Å². The molecule has 0 spiro atoms. The molecule has 1 aromatic rings. The molecule has 1 unspecified atom stereocenters. The van der Waals surface area contributed by atoms with Gasteiger partial charge in [-0.3, -0.25) is 0 Å². The highest BCUT2D eigenvalue weighted by Crippen LogP contribution is 2.33. The molecule has 2 aliphatic rings. The fourth-order valence-corrected chi connectivity index (χ4v) is 3.00. The standard InChI is InChI=1S/C15H21NO/c17-13-8-7-12-5-2-6-15(14(12)9-13)16-10-11-3-1-4-11/h7-9,11,15-17H,1-6,10H2. The van der Waals surface area contributed by atoms with Gasteiger partial charge in [0.1, 0.15) is 5.75 Å². The Hall–Kier alpha value is -1.02. The molecule has 0 amide bonds. The van der Waals surface area contributed by atoms with Crippen LogP contribution in [-0.2, 0) is 6.42 Å². The van der Waals surface area contributed by atoms with Crippen LogP contribution in [0.25, 0.3) is 0 Å². The van der Waals surface area contributed by atoms with E-state index in [1.807, 2.05) is 12.1 Å². The Labute approximate surface area is 103 Å². The number of phenolic OH excluding ortho intramolecular Hbond substituents is 1. The van der Waals surface area contributed by atoms with Crippen molar-refractivity contribution in [1.29, 1.82) is 0 Å². The molecule has 2 heteroatoms. The number of aryl methyl sites for hydroxylation is 1. The molecule has 0 aliphatic heterocycles. The van der Waals surface area contributed by atoms with Gasteiger partial charge in [0.15, 0.2) is 0 Å². The predicted molar refractivity (Wildman–Crippen MR) is 69.1 cm³/mol. The van der Waals surface area contributed by atoms with Gasteiger partial charge < -0.3 is 10.4 Å². The summed E-state index contributed by atoms with van der Waals surface area (Å²) in [5, 5.41) is 13.3. The zero-order chi connectivity index (χ0) is 11.7. The fraction of sp³-hybridized carbons (Fsp3) is 0.600. The molecule has 0 bridgehead atoms. The van der Waals surface area contributed by atoms with Crippen molar-refractivity contribution in [3.63, 3.8) is 0 Å². The van der Waals surface area contributed by atoms with Crippen molar-refractivity contribution in [2.24, 2.45) is 5.92 Å². The molecule has 1 atom stereocenters. The summed E-state index contributed by atoms with van der Waals surface area (Å²) in [6.45, 7) is 1.15. The molecular formula is C15H21NO. The number of fused-ring (bicyclic) bond motifs is 1. The fourth-order valence-electron chi connectivity index (χ4n) is 3.00. The lowest BCUT2D eigenvalue weighted by Crippen LogP contribution is -2.32. The Morgan fingerprint density at radius 1 is 1.18 bits per heavy atom. The Morgan fingerprint density at radius 2 is 2.06 bits per heavy atom. The van der Waals surface area contributed by atoms with Gasteiger partial charge in [0.05, 0.1) is 0 Å². The number of phenols is 1. The number of hydrogen-bond donors (Lipinski definition) is 2. The number of hydrogen-bond acceptors (Lipinski definition) is 2. The average Bonchev–Trinajstić information content (AvgIpc) is 2.27. The van der Waals surface area contributed by atoms with Crippen molar-refractivity contribution in [2.45, 2.75) is 44.6 Å². The van der Waals surface area contributed by atoms with Crippen LogP contribution >= 0.6 is 0 Å². The van der Waals surface area contributed by atoms with Gasteiger partial charge >= 0.3 is 0 Å². The number of rotatable bonds is 3. The molecule has 1 saturated carbocycles. The van der Waals surface area contributed by atoms with Crippen LogP contribution in [0.4, 0.5) is 0 Å². The minimum absolute atomic E-state index is 0.404. The molecule has 1 fully saturated rings. The summed E-state index contributed by atoms with van der Waals surface area (Å²) < 4.78 is 0. The molecule has 2 N–H and O–H groups in total. The molecule has 0 heterocycles. The van der Waals surface area contributed by atoms with Crippen LogP contribution in [0.1, 0.15) is 49.3 Å². The summed E-state index contributed by atoms with van der Waals surface area (Å²) in [5.74, 6) is 1.30. The van der Waals surface area contributed by atoms with Crippen molar-refractivity contribution in [2.75, 3.05) is 6.54 Å². The van der Waals surface area contributed by atoms with Gasteiger partial charge in [-0.25, -0.2) is 0 Å². The van der Waals surface area contributed by atoms with E-state index in [1.165, 1.54) is 43.2 Å². The lowest BCUT2D eigenvalue weighted by molar-refractivity contribution is 0.283. The van der Waals surface area contributed by atoms with Crippen LogP contribution in [0.15, 0.2) is 18.2 Å². The van der Waals surface area contributed by atoms with Gasteiger partial charge in [0.2, 0.25) is 0 Å². The SMILES string of the molecule is Oc1ccc2c(c1)C(NCC1CCC1)CCC2. The second-order valence-electron chi connectivity index (χ2n) is 5.53. The molecule has 0 aromatic heterocycles. The molecule has 3 rings (SSSR count). The predicted octanol–water partition coefficient (Wildman–Crippen LogP) is 3.16. The summed E-state index contributed by atoms with van der Waals surface area (Å²) in [6, 6.07) is 6.31. The Bertz CT molecular complexity index is 398. The summed E-state index contributed by atoms with van der Waals surface area (Å²) in [4.78, 5) is 0. The maximum Gasteiger partial charge on any atom is 0.115 e. The third-order valence-electron chi connectivity index (χ3n) is 4.32. The zero-order valence-corrected chi connectivity index (χ0v) is 10.3. The van der Waals surface area contributed by atoms with E-state index in [4.69, 9.17) is 0 Å². The van der Waals surface area contributed by atoms with E-state index in [1.54, 1.807) is 0 Å². The lowest BCUT2D eigenvalue weighted by Gasteiger charge is -2.31. The summed E-state index contributed by atoms with van der Waals surface area (Å²) >= 11 is 0. The van der Waals surface area contributed by atoms with Crippen molar-refractivity contribution in [1.82, 2.24) is 5.32 Å². The summed E-state index contributed by atoms with van der Waals surface area (Å²) in [5.41, 5.74) is 2.75. The monoisotopic (exact) mass is 231 g/mol. The Balaban J connectivity index is 1.71. The normalized spacial score (nSPS) is 24.1. The van der Waals surface area contributed by atoms with Crippen LogP contribution in [0.5, 0.6) is 5.75 Å². The maximum atomic E-state index is 9.61. The molecule has 2 aliphatic carbocycles. The molecule has 1 aromatic carbocycles. The third-order valence-corrected chi connectivity index (χ3v) is 4.32. The first kappa shape index (κ1) is 11.1. The van der Waals surface area contributed by atoms with Gasteiger partial charge in [-0.15, -0.1) is 0 Å². The lowest BCUT2D eigenvalue weighted by atomic mass is 9.83. The second kappa shape index (κ2) is 4.69. The number of aromatic hydroxyl groups is 1. The first-order valence-electron chi connectivity index (χ1n) is 6.88. The van der Waals surface area contributed by atoms with Gasteiger partial charge in [-0.05, 0) is 67.8 Å². The topological polar surface area (TPSA) is 32.3 Å². The first-order valence-corrected chi connectivity index (χ1v) is 6.88. The van der Waals surface area contributed by atoms with E-state index in [0.717, 1.165) is 18.9 Å². The molecule has 2 nitrogen and oxygen atoms in total. The molecule has 0 saturated heterocycles. The smallest absolute Gasteiger partial charge is 0.115 e. The zero-order valence-electron chi connectivity index (χ0n) is 10.3. The Morgan fingerprint density at radius 3 is 2.82 bits per heavy atom. The van der Waals surface area contributed by atoms with Crippen LogP contribution in [-0.4, -0.2) is 11.7 Å². The first-order chi connectivity index (χ1) is 8.33. The number of nitrogens with one attached hydrogen (secondary N) is 1. The minimum Gasteiger partial charge on any atom is -0.508 e. The van der Waals surface area contributed by atoms with Crippen LogP contribution in [0.3, 0.4) is 0 Å². The van der Waals surface area contributed by atoms with E-state index < -0.39 is 0 Å². The van der Waals surface area contributed by atoms with E-state index in [9.17, 15) is 5.11 Å². The molecular weight excluding hydrogens is 210 g/mol. The van der Waals surface area contributed by atoms with Crippen molar-refractivity contribution < 1.29 is 5.11 Å². The number of benzene rings is 1. The maximum absolute atomic E-state index is 9.61. The quantitative estimate of drug-likeness (QED) is 0.837. The van der Waals surface area contributed by atoms with E-state index in [2.05, 4.69) is 11.4 Å². The van der Waals surface area contributed by atoms with Gasteiger partial charge in [-0.1, -0.05) is 12.5 Å². The minimum atomic E-state index is 0.404. The average molecular weight is 231 g/mol. The van der Waals surface area contributed by atoms with Crippen molar-refractivity contribution in [3.8, 4) is 5.75 Å². The van der Waals surface area contributed by atoms with Crippen LogP contribution in [0, 0.1) is 5.92 Å². The highest BCUT2D eigenvalue weighted by atomic mass is 16.3. The van der Waals surface area contributed by atoms with Crippen molar-refractivity contribution >= 4 is 0 Å². The third kappa shape index (κ3) is 2.32. The molecule has 92 valence electrons. The van der Waals surface area contributed by atoms with E-state index >= 15 is 0 Å². The van der Waals surface area contributed by atoms with Crippen LogP contribution in [0.2, 0.25) is 0 Å². The second-order valence-corrected chi connectivity index (χ2v) is 5.53. The van der Waals surface area contributed by atoms with Crippen LogP contribution < -0.4 is 5.32 Å². The highest BCUT2D eigenvalue weighted by Gasteiger charge is 2.23.